The van der Waals surface area contributed by atoms with Gasteiger partial charge in [-0.15, -0.1) is 0 Å². The summed E-state index contributed by atoms with van der Waals surface area (Å²) in [6.45, 7) is 3.34. The number of anilines is 1. The maximum atomic E-state index is 12.1. The molecule has 1 amide bonds. The number of fused-ring (bicyclic) bond motifs is 1. The van der Waals surface area contributed by atoms with Gasteiger partial charge in [-0.1, -0.05) is 35.9 Å². The standard InChI is InChI=1S/C19H21ClN4O/c1-13-6-5-9-16-19(13)23-17(21-16)12-24(2)11-10-18(25)22-15-8-4-3-7-14(15)20/h3-9H,10-12H2,1-2H3,(H,21,23)(H,22,25). The lowest BCUT2D eigenvalue weighted by molar-refractivity contribution is -0.116. The summed E-state index contributed by atoms with van der Waals surface area (Å²) in [5, 5.41) is 3.38. The van der Waals surface area contributed by atoms with Crippen molar-refractivity contribution in [3.8, 4) is 0 Å². The molecule has 0 saturated carbocycles. The lowest BCUT2D eigenvalue weighted by atomic mass is 10.2. The lowest BCUT2D eigenvalue weighted by Crippen LogP contribution is -2.24. The normalized spacial score (nSPS) is 11.2. The average Bonchev–Trinajstić information content (AvgIpc) is 2.99. The Morgan fingerprint density at radius 3 is 2.80 bits per heavy atom. The Morgan fingerprint density at radius 1 is 1.24 bits per heavy atom. The van der Waals surface area contributed by atoms with Gasteiger partial charge in [-0.25, -0.2) is 4.98 Å². The number of carbonyl (C=O) groups excluding carboxylic acids is 1. The highest BCUT2D eigenvalue weighted by atomic mass is 35.5. The number of aromatic amines is 1. The topological polar surface area (TPSA) is 61.0 Å². The van der Waals surface area contributed by atoms with Crippen molar-refractivity contribution in [3.05, 3.63) is 58.9 Å². The molecule has 0 aliphatic rings. The van der Waals surface area contributed by atoms with E-state index in [-0.39, 0.29) is 5.91 Å². The van der Waals surface area contributed by atoms with Gasteiger partial charge in [0.25, 0.3) is 0 Å². The Kier molecular flexibility index (Phi) is 5.36. The minimum atomic E-state index is -0.0552. The molecule has 0 radical (unpaired) electrons. The summed E-state index contributed by atoms with van der Waals surface area (Å²) >= 11 is 6.05. The number of hydrogen-bond acceptors (Lipinski definition) is 3. The number of imidazole rings is 1. The van der Waals surface area contributed by atoms with Crippen molar-refractivity contribution in [1.29, 1.82) is 0 Å². The summed E-state index contributed by atoms with van der Waals surface area (Å²) in [4.78, 5) is 22.1. The quantitative estimate of drug-likeness (QED) is 0.702. The first-order chi connectivity index (χ1) is 12.0. The summed E-state index contributed by atoms with van der Waals surface area (Å²) in [7, 11) is 1.98. The number of amides is 1. The Bertz CT molecular complexity index is 890. The van der Waals surface area contributed by atoms with Gasteiger partial charge in [-0.2, -0.15) is 0 Å². The molecule has 1 aromatic heterocycles. The van der Waals surface area contributed by atoms with E-state index < -0.39 is 0 Å². The zero-order valence-corrected chi connectivity index (χ0v) is 15.1. The third-order valence-electron chi connectivity index (χ3n) is 4.05. The Labute approximate surface area is 152 Å². The first-order valence-corrected chi connectivity index (χ1v) is 8.58. The van der Waals surface area contributed by atoms with Crippen LogP contribution in [0.2, 0.25) is 5.02 Å². The number of H-pyrrole nitrogens is 1. The SMILES string of the molecule is Cc1cccc2[nH]c(CN(C)CCC(=O)Nc3ccccc3Cl)nc12. The Morgan fingerprint density at radius 2 is 2.04 bits per heavy atom. The number of carbonyl (C=O) groups is 1. The Hall–Kier alpha value is -2.37. The average molecular weight is 357 g/mol. The molecule has 6 heteroatoms. The summed E-state index contributed by atoms with van der Waals surface area (Å²) in [5.74, 6) is 0.846. The molecule has 0 bridgehead atoms. The molecule has 0 spiro atoms. The molecule has 3 rings (SSSR count). The largest absolute Gasteiger partial charge is 0.341 e. The zero-order valence-electron chi connectivity index (χ0n) is 14.3. The number of rotatable bonds is 6. The maximum Gasteiger partial charge on any atom is 0.225 e. The first kappa shape index (κ1) is 17.5. The molecule has 0 unspecified atom stereocenters. The van der Waals surface area contributed by atoms with Crippen LogP contribution in [0.5, 0.6) is 0 Å². The smallest absolute Gasteiger partial charge is 0.225 e. The number of para-hydroxylation sites is 2. The van der Waals surface area contributed by atoms with Gasteiger partial charge < -0.3 is 10.3 Å². The third kappa shape index (κ3) is 4.38. The molecule has 0 fully saturated rings. The van der Waals surface area contributed by atoms with Crippen LogP contribution in [0.1, 0.15) is 17.8 Å². The van der Waals surface area contributed by atoms with E-state index in [0.717, 1.165) is 22.4 Å². The van der Waals surface area contributed by atoms with Crippen LogP contribution in [-0.2, 0) is 11.3 Å². The van der Waals surface area contributed by atoms with Gasteiger partial charge in [-0.05, 0) is 37.7 Å². The van der Waals surface area contributed by atoms with Crippen LogP contribution < -0.4 is 5.32 Å². The van der Waals surface area contributed by atoms with Crippen molar-refractivity contribution in [2.24, 2.45) is 0 Å². The van der Waals surface area contributed by atoms with Crippen molar-refractivity contribution < 1.29 is 4.79 Å². The highest BCUT2D eigenvalue weighted by Gasteiger charge is 2.10. The van der Waals surface area contributed by atoms with Gasteiger partial charge >= 0.3 is 0 Å². The number of hydrogen-bond donors (Lipinski definition) is 2. The summed E-state index contributed by atoms with van der Waals surface area (Å²) < 4.78 is 0. The van der Waals surface area contributed by atoms with Gasteiger partial charge in [0.1, 0.15) is 5.82 Å². The predicted molar refractivity (Wildman–Crippen MR) is 102 cm³/mol. The molecule has 0 atom stereocenters. The monoisotopic (exact) mass is 356 g/mol. The van der Waals surface area contributed by atoms with Crippen molar-refractivity contribution >= 4 is 34.2 Å². The van der Waals surface area contributed by atoms with Crippen LogP contribution in [0, 0.1) is 6.92 Å². The van der Waals surface area contributed by atoms with E-state index in [4.69, 9.17) is 11.6 Å². The maximum absolute atomic E-state index is 12.1. The van der Waals surface area contributed by atoms with E-state index in [0.29, 0.717) is 30.2 Å². The van der Waals surface area contributed by atoms with Crippen molar-refractivity contribution in [3.63, 3.8) is 0 Å². The van der Waals surface area contributed by atoms with Crippen LogP contribution in [0.3, 0.4) is 0 Å². The molecular formula is C19H21ClN4O. The lowest BCUT2D eigenvalue weighted by Gasteiger charge is -2.15. The molecule has 1 heterocycles. The second kappa shape index (κ2) is 7.68. The highest BCUT2D eigenvalue weighted by Crippen LogP contribution is 2.20. The molecule has 5 nitrogen and oxygen atoms in total. The number of nitrogens with one attached hydrogen (secondary N) is 2. The van der Waals surface area contributed by atoms with Crippen molar-refractivity contribution in [2.45, 2.75) is 19.9 Å². The number of halogens is 1. The fourth-order valence-corrected chi connectivity index (χ4v) is 2.89. The van der Waals surface area contributed by atoms with Crippen LogP contribution in [0.15, 0.2) is 42.5 Å². The second-order valence-corrected chi connectivity index (χ2v) is 6.58. The Balaban J connectivity index is 1.53. The van der Waals surface area contributed by atoms with E-state index in [2.05, 4.69) is 33.2 Å². The van der Waals surface area contributed by atoms with Gasteiger partial charge in [0.15, 0.2) is 0 Å². The van der Waals surface area contributed by atoms with E-state index in [1.807, 2.05) is 31.3 Å². The summed E-state index contributed by atoms with van der Waals surface area (Å²) in [6.07, 6.45) is 0.390. The van der Waals surface area contributed by atoms with E-state index in [1.165, 1.54) is 0 Å². The fraction of sp³-hybridized carbons (Fsp3) is 0.263. The second-order valence-electron chi connectivity index (χ2n) is 6.17. The van der Waals surface area contributed by atoms with E-state index in [9.17, 15) is 4.79 Å². The van der Waals surface area contributed by atoms with Gasteiger partial charge in [0.05, 0.1) is 28.3 Å². The number of aryl methyl sites for hydroxylation is 1. The third-order valence-corrected chi connectivity index (χ3v) is 4.38. The van der Waals surface area contributed by atoms with Gasteiger partial charge in [0.2, 0.25) is 5.91 Å². The predicted octanol–water partition coefficient (Wildman–Crippen LogP) is 3.99. The molecule has 2 N–H and O–H groups in total. The van der Waals surface area contributed by atoms with Gasteiger partial charge in [0, 0.05) is 13.0 Å². The summed E-state index contributed by atoms with van der Waals surface area (Å²) in [6, 6.07) is 13.3. The van der Waals surface area contributed by atoms with Crippen LogP contribution >= 0.6 is 11.6 Å². The number of benzene rings is 2. The fourth-order valence-electron chi connectivity index (χ4n) is 2.70. The minimum absolute atomic E-state index is 0.0552. The highest BCUT2D eigenvalue weighted by molar-refractivity contribution is 6.33. The van der Waals surface area contributed by atoms with Crippen molar-refractivity contribution in [2.75, 3.05) is 18.9 Å². The van der Waals surface area contributed by atoms with E-state index >= 15 is 0 Å². The van der Waals surface area contributed by atoms with Crippen LogP contribution in [0.4, 0.5) is 5.69 Å². The zero-order chi connectivity index (χ0) is 17.8. The molecule has 3 aromatic rings. The summed E-state index contributed by atoms with van der Waals surface area (Å²) in [5.41, 5.74) is 3.84. The first-order valence-electron chi connectivity index (χ1n) is 8.20. The molecule has 0 aliphatic carbocycles. The van der Waals surface area contributed by atoms with Gasteiger partial charge in [-0.3, -0.25) is 9.69 Å². The van der Waals surface area contributed by atoms with E-state index in [1.54, 1.807) is 12.1 Å². The molecular weight excluding hydrogens is 336 g/mol. The molecule has 0 saturated heterocycles. The molecule has 130 valence electrons. The molecule has 0 aliphatic heterocycles. The number of aromatic nitrogens is 2. The number of nitrogens with zero attached hydrogens (tertiary/aromatic N) is 2. The molecule has 2 aromatic carbocycles. The van der Waals surface area contributed by atoms with Crippen LogP contribution in [0.25, 0.3) is 11.0 Å². The minimum Gasteiger partial charge on any atom is -0.341 e. The molecule has 25 heavy (non-hydrogen) atoms. The van der Waals surface area contributed by atoms with Crippen molar-refractivity contribution in [1.82, 2.24) is 14.9 Å². The van der Waals surface area contributed by atoms with Crippen LogP contribution in [-0.4, -0.2) is 34.4 Å².